The fraction of sp³-hybridized carbons (Fsp3) is 0.474. The monoisotopic (exact) mass is 386 g/mol. The van der Waals surface area contributed by atoms with E-state index >= 15 is 0 Å². The molecular weight excluding hydrogens is 364 g/mol. The predicted octanol–water partition coefficient (Wildman–Crippen LogP) is 2.34. The number of piperidine rings is 1. The van der Waals surface area contributed by atoms with Crippen molar-refractivity contribution in [3.8, 4) is 0 Å². The molecule has 1 atom stereocenters. The SMILES string of the molecule is COCCc1noc(C2CCCN(C(=O)Nc3ccc4c(c3)COC4=O)C2)n1. The van der Waals surface area contributed by atoms with Crippen LogP contribution in [0.15, 0.2) is 22.7 Å². The van der Waals surface area contributed by atoms with Gasteiger partial charge in [0.1, 0.15) is 6.61 Å². The first-order chi connectivity index (χ1) is 13.6. The standard InChI is InChI=1S/C19H22N4O5/c1-26-8-6-16-21-17(28-22-16)12-3-2-7-23(10-12)19(25)20-14-4-5-15-13(9-14)11-27-18(15)24/h4-5,9,12H,2-3,6-8,10-11H2,1H3,(H,20,25). The lowest BCUT2D eigenvalue weighted by Crippen LogP contribution is -2.41. The second-order valence-corrected chi connectivity index (χ2v) is 6.96. The molecule has 0 saturated carbocycles. The van der Waals surface area contributed by atoms with Gasteiger partial charge in [-0.3, -0.25) is 0 Å². The summed E-state index contributed by atoms with van der Waals surface area (Å²) in [6, 6.07) is 4.98. The molecule has 0 radical (unpaired) electrons. The number of urea groups is 1. The Hall–Kier alpha value is -2.94. The van der Waals surface area contributed by atoms with Gasteiger partial charge in [-0.15, -0.1) is 0 Å². The van der Waals surface area contributed by atoms with Gasteiger partial charge < -0.3 is 24.2 Å². The number of nitrogens with zero attached hydrogens (tertiary/aromatic N) is 3. The Morgan fingerprint density at radius 3 is 3.18 bits per heavy atom. The number of rotatable bonds is 5. The van der Waals surface area contributed by atoms with Crippen LogP contribution in [0.3, 0.4) is 0 Å². The summed E-state index contributed by atoms with van der Waals surface area (Å²) in [5.74, 6) is 0.885. The number of anilines is 1. The lowest BCUT2D eigenvalue weighted by Gasteiger charge is -2.31. The molecule has 4 rings (SSSR count). The Morgan fingerprint density at radius 2 is 2.32 bits per heavy atom. The van der Waals surface area contributed by atoms with E-state index in [1.807, 2.05) is 0 Å². The van der Waals surface area contributed by atoms with Gasteiger partial charge in [-0.2, -0.15) is 4.98 Å². The van der Waals surface area contributed by atoms with E-state index in [0.29, 0.717) is 49.1 Å². The molecule has 9 nitrogen and oxygen atoms in total. The van der Waals surface area contributed by atoms with Crippen LogP contribution in [0.25, 0.3) is 0 Å². The van der Waals surface area contributed by atoms with Crippen molar-refractivity contribution in [2.45, 2.75) is 31.8 Å². The molecule has 0 aliphatic carbocycles. The molecule has 2 aliphatic heterocycles. The summed E-state index contributed by atoms with van der Waals surface area (Å²) in [6.07, 6.45) is 2.36. The minimum Gasteiger partial charge on any atom is -0.457 e. The fourth-order valence-electron chi connectivity index (χ4n) is 3.50. The van der Waals surface area contributed by atoms with Crippen LogP contribution in [0.1, 0.15) is 46.4 Å². The number of aromatic nitrogens is 2. The van der Waals surface area contributed by atoms with E-state index in [-0.39, 0.29) is 24.5 Å². The van der Waals surface area contributed by atoms with E-state index in [2.05, 4.69) is 15.5 Å². The van der Waals surface area contributed by atoms with Gasteiger partial charge in [-0.05, 0) is 31.0 Å². The molecule has 1 aromatic carbocycles. The lowest BCUT2D eigenvalue weighted by atomic mass is 9.98. The number of likely N-dealkylation sites (tertiary alicyclic amines) is 1. The molecule has 9 heteroatoms. The highest BCUT2D eigenvalue weighted by atomic mass is 16.5. The number of hydrogen-bond acceptors (Lipinski definition) is 7. The minimum absolute atomic E-state index is 0.0225. The van der Waals surface area contributed by atoms with Crippen LogP contribution < -0.4 is 5.32 Å². The summed E-state index contributed by atoms with van der Waals surface area (Å²) in [6.45, 7) is 1.96. The molecule has 0 spiro atoms. The molecule has 28 heavy (non-hydrogen) atoms. The maximum Gasteiger partial charge on any atom is 0.338 e. The van der Waals surface area contributed by atoms with Crippen LogP contribution in [0.4, 0.5) is 10.5 Å². The Labute approximate surface area is 162 Å². The minimum atomic E-state index is -0.323. The summed E-state index contributed by atoms with van der Waals surface area (Å²) in [5.41, 5.74) is 1.98. The first kappa shape index (κ1) is 18.4. The molecule has 1 unspecified atom stereocenters. The number of carbonyl (C=O) groups is 2. The second kappa shape index (κ2) is 7.97. The van der Waals surface area contributed by atoms with E-state index in [4.69, 9.17) is 14.0 Å². The van der Waals surface area contributed by atoms with Gasteiger partial charge in [-0.25, -0.2) is 9.59 Å². The van der Waals surface area contributed by atoms with Crippen LogP contribution in [0.5, 0.6) is 0 Å². The Balaban J connectivity index is 1.38. The molecule has 1 fully saturated rings. The molecule has 0 bridgehead atoms. The molecule has 2 aliphatic rings. The molecule has 1 N–H and O–H groups in total. The van der Waals surface area contributed by atoms with E-state index in [0.717, 1.165) is 18.4 Å². The third-order valence-corrected chi connectivity index (χ3v) is 5.01. The van der Waals surface area contributed by atoms with E-state index < -0.39 is 0 Å². The number of cyclic esters (lactones) is 1. The van der Waals surface area contributed by atoms with Crippen LogP contribution in [-0.4, -0.2) is 53.8 Å². The zero-order chi connectivity index (χ0) is 19.5. The molecule has 1 aromatic heterocycles. The first-order valence-corrected chi connectivity index (χ1v) is 9.31. The normalized spacial score (nSPS) is 18.7. The largest absolute Gasteiger partial charge is 0.457 e. The first-order valence-electron chi connectivity index (χ1n) is 9.31. The smallest absolute Gasteiger partial charge is 0.338 e. The quantitative estimate of drug-likeness (QED) is 0.786. The molecule has 148 valence electrons. The van der Waals surface area contributed by atoms with Crippen LogP contribution in [0.2, 0.25) is 0 Å². The number of ether oxygens (including phenoxy) is 2. The average Bonchev–Trinajstić information content (AvgIpc) is 3.33. The summed E-state index contributed by atoms with van der Waals surface area (Å²) >= 11 is 0. The number of benzene rings is 1. The number of carbonyl (C=O) groups excluding carboxylic acids is 2. The van der Waals surface area contributed by atoms with E-state index in [1.54, 1.807) is 30.2 Å². The summed E-state index contributed by atoms with van der Waals surface area (Å²) in [5, 5.41) is 6.88. The van der Waals surface area contributed by atoms with Crippen molar-refractivity contribution in [3.05, 3.63) is 41.0 Å². The lowest BCUT2D eigenvalue weighted by molar-refractivity contribution is 0.0535. The number of amides is 2. The van der Waals surface area contributed by atoms with Crippen LogP contribution in [0, 0.1) is 0 Å². The Morgan fingerprint density at radius 1 is 1.43 bits per heavy atom. The Bertz CT molecular complexity index is 881. The second-order valence-electron chi connectivity index (χ2n) is 6.96. The van der Waals surface area contributed by atoms with Crippen molar-refractivity contribution < 1.29 is 23.6 Å². The number of esters is 1. The average molecular weight is 386 g/mol. The van der Waals surface area contributed by atoms with Crippen LogP contribution >= 0.6 is 0 Å². The zero-order valence-electron chi connectivity index (χ0n) is 15.6. The van der Waals surface area contributed by atoms with Crippen LogP contribution in [-0.2, 0) is 22.5 Å². The highest BCUT2D eigenvalue weighted by Crippen LogP contribution is 2.27. The molecule has 2 amide bonds. The van der Waals surface area contributed by atoms with Crippen molar-refractivity contribution in [1.29, 1.82) is 0 Å². The highest BCUT2D eigenvalue weighted by molar-refractivity contribution is 5.95. The van der Waals surface area contributed by atoms with Crippen molar-refractivity contribution >= 4 is 17.7 Å². The third kappa shape index (κ3) is 3.84. The number of fused-ring (bicyclic) bond motifs is 1. The van der Waals surface area contributed by atoms with Crippen molar-refractivity contribution in [2.75, 3.05) is 32.1 Å². The van der Waals surface area contributed by atoms with Crippen molar-refractivity contribution in [3.63, 3.8) is 0 Å². The van der Waals surface area contributed by atoms with Gasteiger partial charge in [0, 0.05) is 37.9 Å². The number of nitrogens with one attached hydrogen (secondary N) is 1. The van der Waals surface area contributed by atoms with Gasteiger partial charge in [0.25, 0.3) is 0 Å². The van der Waals surface area contributed by atoms with Gasteiger partial charge in [0.05, 0.1) is 18.1 Å². The highest BCUT2D eigenvalue weighted by Gasteiger charge is 2.29. The van der Waals surface area contributed by atoms with Crippen molar-refractivity contribution in [2.24, 2.45) is 0 Å². The number of hydrogen-bond donors (Lipinski definition) is 1. The molecular formula is C19H22N4O5. The van der Waals surface area contributed by atoms with Gasteiger partial charge >= 0.3 is 12.0 Å². The van der Waals surface area contributed by atoms with Gasteiger partial charge in [-0.1, -0.05) is 5.16 Å². The molecule has 2 aromatic rings. The topological polar surface area (TPSA) is 107 Å². The molecule has 3 heterocycles. The summed E-state index contributed by atoms with van der Waals surface area (Å²) in [7, 11) is 1.63. The van der Waals surface area contributed by atoms with Gasteiger partial charge in [0.2, 0.25) is 5.89 Å². The van der Waals surface area contributed by atoms with E-state index in [9.17, 15) is 9.59 Å². The van der Waals surface area contributed by atoms with E-state index in [1.165, 1.54) is 0 Å². The predicted molar refractivity (Wildman–Crippen MR) is 98.0 cm³/mol. The maximum absolute atomic E-state index is 12.7. The van der Waals surface area contributed by atoms with Crippen molar-refractivity contribution in [1.82, 2.24) is 15.0 Å². The fourth-order valence-corrected chi connectivity index (χ4v) is 3.50. The molecule has 1 saturated heterocycles. The third-order valence-electron chi connectivity index (χ3n) is 5.01. The number of methoxy groups -OCH3 is 1. The van der Waals surface area contributed by atoms with Gasteiger partial charge in [0.15, 0.2) is 5.82 Å². The summed E-state index contributed by atoms with van der Waals surface area (Å²) in [4.78, 5) is 30.4. The Kier molecular flexibility index (Phi) is 5.25. The summed E-state index contributed by atoms with van der Waals surface area (Å²) < 4.78 is 15.4. The maximum atomic E-state index is 12.7. The zero-order valence-corrected chi connectivity index (χ0v) is 15.6.